The van der Waals surface area contributed by atoms with Gasteiger partial charge in [-0.15, -0.1) is 0 Å². The zero-order valence-electron chi connectivity index (χ0n) is 11.5. The summed E-state index contributed by atoms with van der Waals surface area (Å²) in [4.78, 5) is 0.156. The Bertz CT molecular complexity index is 688. The Morgan fingerprint density at radius 2 is 1.57 bits per heavy atom. The number of hydrogen-bond acceptors (Lipinski definition) is 2. The molecule has 0 spiro atoms. The van der Waals surface area contributed by atoms with E-state index in [1.54, 1.807) is 0 Å². The molecular formula is C15H17FN2O2S. The number of piperidine rings is 1. The van der Waals surface area contributed by atoms with E-state index in [1.807, 2.05) is 24.5 Å². The van der Waals surface area contributed by atoms with Gasteiger partial charge in [0.15, 0.2) is 0 Å². The van der Waals surface area contributed by atoms with E-state index < -0.39 is 15.8 Å². The predicted molar refractivity (Wildman–Crippen MR) is 77.9 cm³/mol. The molecule has 1 saturated heterocycles. The fourth-order valence-corrected chi connectivity index (χ4v) is 4.20. The maximum atomic E-state index is 12.9. The van der Waals surface area contributed by atoms with Crippen molar-refractivity contribution in [2.75, 3.05) is 13.1 Å². The van der Waals surface area contributed by atoms with Crippen LogP contribution in [-0.2, 0) is 10.0 Å². The minimum Gasteiger partial charge on any atom is -0.351 e. The highest BCUT2D eigenvalue weighted by Crippen LogP contribution is 2.26. The molecule has 1 aromatic carbocycles. The first-order valence-corrected chi connectivity index (χ1v) is 8.39. The Morgan fingerprint density at radius 1 is 1.00 bits per heavy atom. The molecule has 0 atom stereocenters. The van der Waals surface area contributed by atoms with E-state index in [1.165, 1.54) is 28.6 Å². The van der Waals surface area contributed by atoms with Crippen molar-refractivity contribution in [3.63, 3.8) is 0 Å². The van der Waals surface area contributed by atoms with Crippen LogP contribution in [0, 0.1) is 5.82 Å². The van der Waals surface area contributed by atoms with Crippen LogP contribution in [0.25, 0.3) is 0 Å². The molecule has 112 valence electrons. The Hall–Kier alpha value is -1.66. The summed E-state index contributed by atoms with van der Waals surface area (Å²) in [6.07, 6.45) is 5.59. The second-order valence-corrected chi connectivity index (χ2v) is 7.16. The van der Waals surface area contributed by atoms with Crippen LogP contribution >= 0.6 is 0 Å². The van der Waals surface area contributed by atoms with Crippen molar-refractivity contribution in [2.24, 2.45) is 0 Å². The predicted octanol–water partition coefficient (Wildman–Crippen LogP) is 2.65. The fraction of sp³-hybridized carbons (Fsp3) is 0.333. The quantitative estimate of drug-likeness (QED) is 0.875. The summed E-state index contributed by atoms with van der Waals surface area (Å²) < 4.78 is 41.5. The highest BCUT2D eigenvalue weighted by molar-refractivity contribution is 7.89. The van der Waals surface area contributed by atoms with Gasteiger partial charge in [-0.25, -0.2) is 12.8 Å². The first-order valence-electron chi connectivity index (χ1n) is 6.95. The molecule has 0 bridgehead atoms. The van der Waals surface area contributed by atoms with Crippen molar-refractivity contribution < 1.29 is 12.8 Å². The van der Waals surface area contributed by atoms with Gasteiger partial charge in [0.2, 0.25) is 10.0 Å². The first-order chi connectivity index (χ1) is 10.1. The molecule has 3 rings (SSSR count). The maximum absolute atomic E-state index is 12.9. The Morgan fingerprint density at radius 3 is 2.14 bits per heavy atom. The van der Waals surface area contributed by atoms with Crippen molar-refractivity contribution in [3.8, 4) is 0 Å². The summed E-state index contributed by atoms with van der Waals surface area (Å²) in [6, 6.07) is 9.30. The van der Waals surface area contributed by atoms with Crippen LogP contribution in [0.5, 0.6) is 0 Å². The SMILES string of the molecule is O=S(=O)(c1ccc(F)cc1)N1CCC(n2cccc2)CC1. The lowest BCUT2D eigenvalue weighted by Crippen LogP contribution is -2.38. The van der Waals surface area contributed by atoms with Crippen LogP contribution in [-0.4, -0.2) is 30.4 Å². The number of nitrogens with zero attached hydrogens (tertiary/aromatic N) is 2. The monoisotopic (exact) mass is 308 g/mol. The van der Waals surface area contributed by atoms with E-state index in [-0.39, 0.29) is 4.90 Å². The van der Waals surface area contributed by atoms with Crippen LogP contribution in [0.4, 0.5) is 4.39 Å². The van der Waals surface area contributed by atoms with Crippen molar-refractivity contribution in [3.05, 3.63) is 54.6 Å². The fourth-order valence-electron chi connectivity index (χ4n) is 2.73. The van der Waals surface area contributed by atoms with Crippen LogP contribution in [0.2, 0.25) is 0 Å². The summed E-state index contributed by atoms with van der Waals surface area (Å²) in [6.45, 7) is 0.977. The lowest BCUT2D eigenvalue weighted by molar-refractivity contribution is 0.274. The van der Waals surface area contributed by atoms with Gasteiger partial charge in [-0.2, -0.15) is 4.31 Å². The molecule has 1 aromatic heterocycles. The molecule has 4 nitrogen and oxygen atoms in total. The molecule has 6 heteroatoms. The summed E-state index contributed by atoms with van der Waals surface area (Å²) >= 11 is 0. The van der Waals surface area contributed by atoms with Gasteiger partial charge in [0.05, 0.1) is 4.90 Å². The minimum atomic E-state index is -3.51. The third-order valence-corrected chi connectivity index (χ3v) is 5.84. The van der Waals surface area contributed by atoms with Crippen molar-refractivity contribution in [1.29, 1.82) is 0 Å². The third kappa shape index (κ3) is 2.87. The number of halogens is 1. The molecule has 21 heavy (non-hydrogen) atoms. The molecule has 0 saturated carbocycles. The second kappa shape index (κ2) is 5.61. The average molecular weight is 308 g/mol. The zero-order valence-corrected chi connectivity index (χ0v) is 12.3. The molecule has 0 N–H and O–H groups in total. The lowest BCUT2D eigenvalue weighted by Gasteiger charge is -2.32. The van der Waals surface area contributed by atoms with Gasteiger partial charge in [-0.1, -0.05) is 0 Å². The first kappa shape index (κ1) is 14.3. The summed E-state index contributed by atoms with van der Waals surface area (Å²) in [7, 11) is -3.51. The van der Waals surface area contributed by atoms with Gasteiger partial charge < -0.3 is 4.57 Å². The van der Waals surface area contributed by atoms with Gasteiger partial charge in [0.1, 0.15) is 5.82 Å². The summed E-state index contributed by atoms with van der Waals surface area (Å²) in [5.74, 6) is -0.430. The second-order valence-electron chi connectivity index (χ2n) is 5.22. The van der Waals surface area contributed by atoms with Gasteiger partial charge in [-0.3, -0.25) is 0 Å². The molecule has 1 fully saturated rings. The Labute approximate surface area is 123 Å². The number of hydrogen-bond donors (Lipinski definition) is 0. The number of sulfonamides is 1. The van der Waals surface area contributed by atoms with E-state index in [0.717, 1.165) is 12.8 Å². The van der Waals surface area contributed by atoms with Crippen LogP contribution in [0.15, 0.2) is 53.7 Å². The van der Waals surface area contributed by atoms with E-state index in [2.05, 4.69) is 4.57 Å². The van der Waals surface area contributed by atoms with Gasteiger partial charge >= 0.3 is 0 Å². The van der Waals surface area contributed by atoms with Gasteiger partial charge in [0.25, 0.3) is 0 Å². The molecule has 1 aliphatic rings. The molecule has 2 aromatic rings. The van der Waals surface area contributed by atoms with Crippen molar-refractivity contribution >= 4 is 10.0 Å². The van der Waals surface area contributed by atoms with E-state index in [0.29, 0.717) is 19.1 Å². The molecular weight excluding hydrogens is 291 g/mol. The highest BCUT2D eigenvalue weighted by Gasteiger charge is 2.29. The molecule has 1 aliphatic heterocycles. The number of rotatable bonds is 3. The summed E-state index contributed by atoms with van der Waals surface area (Å²) in [5.41, 5.74) is 0. The van der Waals surface area contributed by atoms with Crippen molar-refractivity contribution in [2.45, 2.75) is 23.8 Å². The largest absolute Gasteiger partial charge is 0.351 e. The van der Waals surface area contributed by atoms with Crippen molar-refractivity contribution in [1.82, 2.24) is 8.87 Å². The van der Waals surface area contributed by atoms with E-state index >= 15 is 0 Å². The third-order valence-electron chi connectivity index (χ3n) is 3.92. The standard InChI is InChI=1S/C15H17FN2O2S/c16-13-3-5-15(6-4-13)21(19,20)18-11-7-14(8-12-18)17-9-1-2-10-17/h1-6,9-10,14H,7-8,11-12H2. The highest BCUT2D eigenvalue weighted by atomic mass is 32.2. The molecule has 0 radical (unpaired) electrons. The Balaban J connectivity index is 1.72. The van der Waals surface area contributed by atoms with E-state index in [9.17, 15) is 12.8 Å². The number of aromatic nitrogens is 1. The van der Waals surface area contributed by atoms with Crippen LogP contribution in [0.3, 0.4) is 0 Å². The molecule has 2 heterocycles. The van der Waals surface area contributed by atoms with E-state index in [4.69, 9.17) is 0 Å². The molecule has 0 aliphatic carbocycles. The van der Waals surface area contributed by atoms with Gasteiger partial charge in [0, 0.05) is 31.5 Å². The number of benzene rings is 1. The molecule has 0 unspecified atom stereocenters. The zero-order chi connectivity index (χ0) is 14.9. The average Bonchev–Trinajstić information content (AvgIpc) is 3.02. The van der Waals surface area contributed by atoms with Gasteiger partial charge in [-0.05, 0) is 49.2 Å². The Kier molecular flexibility index (Phi) is 3.82. The molecule has 0 amide bonds. The summed E-state index contributed by atoms with van der Waals surface area (Å²) in [5, 5.41) is 0. The van der Waals surface area contributed by atoms with Crippen LogP contribution < -0.4 is 0 Å². The van der Waals surface area contributed by atoms with Crippen LogP contribution in [0.1, 0.15) is 18.9 Å². The lowest BCUT2D eigenvalue weighted by atomic mass is 10.1. The topological polar surface area (TPSA) is 42.3 Å². The smallest absolute Gasteiger partial charge is 0.243 e. The normalized spacial score (nSPS) is 18.0. The minimum absolute atomic E-state index is 0.156. The maximum Gasteiger partial charge on any atom is 0.243 e.